The van der Waals surface area contributed by atoms with Gasteiger partial charge >= 0.3 is 0 Å². The second-order valence-electron chi connectivity index (χ2n) is 9.81. The second-order valence-corrected chi connectivity index (χ2v) is 12.3. The lowest BCUT2D eigenvalue weighted by Gasteiger charge is -2.48. The third kappa shape index (κ3) is 5.74. The normalized spacial score (nSPS) is 25.3. The van der Waals surface area contributed by atoms with Crippen LogP contribution in [0.15, 0.2) is 77.8 Å². The van der Waals surface area contributed by atoms with Gasteiger partial charge < -0.3 is 24.7 Å². The van der Waals surface area contributed by atoms with E-state index in [1.165, 1.54) is 29.4 Å². The molecule has 0 bridgehead atoms. The molecule has 2 aliphatic rings. The van der Waals surface area contributed by atoms with E-state index < -0.39 is 36.1 Å². The Labute approximate surface area is 259 Å². The lowest BCUT2D eigenvalue weighted by molar-refractivity contribution is -0.308. The van der Waals surface area contributed by atoms with Crippen molar-refractivity contribution < 1.29 is 18.9 Å². The number of pyridine rings is 1. The highest BCUT2D eigenvalue weighted by molar-refractivity contribution is 8.00. The highest BCUT2D eigenvalue weighted by Gasteiger charge is 2.52. The van der Waals surface area contributed by atoms with Gasteiger partial charge in [0.05, 0.1) is 23.5 Å². The van der Waals surface area contributed by atoms with Gasteiger partial charge in [0.1, 0.15) is 47.5 Å². The lowest BCUT2D eigenvalue weighted by atomic mass is 9.95. The van der Waals surface area contributed by atoms with Crippen LogP contribution in [0.5, 0.6) is 0 Å². The SMILES string of the molecule is COC1C(n2cc(-c3csc(N)n3)nn2)[C@H]2OC(c3ccccc3)OCC2O[C@@H]1Sc1cc(Cl)cnc1-c1cncnc1. The van der Waals surface area contributed by atoms with Crippen LogP contribution in [0.1, 0.15) is 17.9 Å². The summed E-state index contributed by atoms with van der Waals surface area (Å²) >= 11 is 9.19. The summed E-state index contributed by atoms with van der Waals surface area (Å²) in [4.78, 5) is 18.0. The summed E-state index contributed by atoms with van der Waals surface area (Å²) in [6.45, 7) is 0.297. The number of hydrogen-bond donors (Lipinski definition) is 1. The van der Waals surface area contributed by atoms with Crippen molar-refractivity contribution in [1.82, 2.24) is 34.9 Å². The van der Waals surface area contributed by atoms with Gasteiger partial charge in [0.25, 0.3) is 0 Å². The van der Waals surface area contributed by atoms with Gasteiger partial charge in [-0.3, -0.25) is 4.98 Å². The van der Waals surface area contributed by atoms with Crippen LogP contribution in [0.25, 0.3) is 22.6 Å². The number of aromatic nitrogens is 7. The summed E-state index contributed by atoms with van der Waals surface area (Å²) in [6.07, 6.45) is 6.28. The van der Waals surface area contributed by atoms with Crippen molar-refractivity contribution in [2.75, 3.05) is 19.5 Å². The van der Waals surface area contributed by atoms with Gasteiger partial charge in [-0.25, -0.2) is 19.6 Å². The number of halogens is 1. The number of fused-ring (bicyclic) bond motifs is 1. The van der Waals surface area contributed by atoms with Crippen molar-refractivity contribution in [3.63, 3.8) is 0 Å². The Balaban J connectivity index is 1.26. The number of nitrogens with zero attached hydrogens (tertiary/aromatic N) is 7. The summed E-state index contributed by atoms with van der Waals surface area (Å²) in [7, 11) is 1.64. The molecule has 0 radical (unpaired) electrons. The first kappa shape index (κ1) is 28.3. The van der Waals surface area contributed by atoms with E-state index in [-0.39, 0.29) is 0 Å². The lowest BCUT2D eigenvalue weighted by Crippen LogP contribution is -2.59. The molecular weight excluding hydrogens is 612 g/mol. The Hall–Kier alpha value is -3.50. The molecule has 2 aliphatic heterocycles. The fourth-order valence-corrected chi connectivity index (χ4v) is 7.32. The van der Waals surface area contributed by atoms with E-state index in [4.69, 9.17) is 36.3 Å². The fraction of sp³-hybridized carbons (Fsp3) is 0.286. The molecule has 2 N–H and O–H groups in total. The Morgan fingerprint density at radius 1 is 1.12 bits per heavy atom. The number of nitrogen functional groups attached to an aromatic ring is 1. The molecule has 2 saturated heterocycles. The summed E-state index contributed by atoms with van der Waals surface area (Å²) in [5, 5.41) is 11.7. The van der Waals surface area contributed by atoms with Crippen LogP contribution >= 0.6 is 34.7 Å². The Morgan fingerprint density at radius 3 is 2.72 bits per heavy atom. The van der Waals surface area contributed by atoms with E-state index in [9.17, 15) is 0 Å². The maximum Gasteiger partial charge on any atom is 0.184 e. The van der Waals surface area contributed by atoms with E-state index in [1.807, 2.05) is 48.0 Å². The van der Waals surface area contributed by atoms with Gasteiger partial charge in [0.2, 0.25) is 0 Å². The van der Waals surface area contributed by atoms with E-state index in [2.05, 4.69) is 30.2 Å². The van der Waals surface area contributed by atoms with Crippen molar-refractivity contribution in [1.29, 1.82) is 0 Å². The van der Waals surface area contributed by atoms with Crippen LogP contribution < -0.4 is 5.73 Å². The molecule has 43 heavy (non-hydrogen) atoms. The third-order valence-corrected chi connectivity index (χ3v) is 9.21. The number of rotatable bonds is 7. The zero-order valence-electron chi connectivity index (χ0n) is 22.6. The van der Waals surface area contributed by atoms with Gasteiger partial charge in [-0.05, 0) is 6.07 Å². The number of nitrogens with two attached hydrogens (primary N) is 1. The van der Waals surface area contributed by atoms with E-state index in [0.717, 1.165) is 16.0 Å². The third-order valence-electron chi connectivity index (χ3n) is 7.15. The largest absolute Gasteiger partial charge is 0.375 e. The minimum Gasteiger partial charge on any atom is -0.375 e. The number of anilines is 1. The Kier molecular flexibility index (Phi) is 8.05. The Morgan fingerprint density at radius 2 is 1.95 bits per heavy atom. The molecule has 220 valence electrons. The van der Waals surface area contributed by atoms with Crippen molar-refractivity contribution in [3.8, 4) is 22.6 Å². The molecule has 0 aliphatic carbocycles. The highest BCUT2D eigenvalue weighted by Crippen LogP contribution is 2.46. The van der Waals surface area contributed by atoms with Gasteiger partial charge in [-0.1, -0.05) is 58.9 Å². The average molecular weight is 637 g/mol. The van der Waals surface area contributed by atoms with Crippen LogP contribution in [-0.4, -0.2) is 72.4 Å². The molecular formula is C28H25ClN8O4S2. The maximum absolute atomic E-state index is 6.66. The zero-order chi connectivity index (χ0) is 29.3. The number of ether oxygens (including phenoxy) is 4. The number of benzene rings is 1. The molecule has 2 fully saturated rings. The predicted octanol–water partition coefficient (Wildman–Crippen LogP) is 4.68. The van der Waals surface area contributed by atoms with Gasteiger partial charge in [0, 0.05) is 47.1 Å². The van der Waals surface area contributed by atoms with Crippen LogP contribution in [-0.2, 0) is 18.9 Å². The quantitative estimate of drug-likeness (QED) is 0.265. The van der Waals surface area contributed by atoms with Gasteiger partial charge in [0.15, 0.2) is 11.4 Å². The molecule has 12 nitrogen and oxygen atoms in total. The van der Waals surface area contributed by atoms with Crippen LogP contribution in [0.2, 0.25) is 5.02 Å². The smallest absolute Gasteiger partial charge is 0.184 e. The standard InChI is InChI=1S/C28H25ClN8O4S2/c1-38-25-23(37-11-18(35-36-37)19-13-42-28(30)34-19)24-20(12-39-26(41-24)15-5-3-2-4-6-15)40-27(25)43-21-7-17(29)10-33-22(21)16-8-31-14-32-9-16/h2-11,13-14,20,23-27H,12H2,1H3,(H2,30,34)/t20?,23?,24-,25?,26?,27+/m0/s1. The molecule has 0 spiro atoms. The molecule has 5 aromatic rings. The first-order valence-corrected chi connectivity index (χ1v) is 15.4. The first-order chi connectivity index (χ1) is 21.1. The summed E-state index contributed by atoms with van der Waals surface area (Å²) in [5.74, 6) is 0. The molecule has 0 saturated carbocycles. The van der Waals surface area contributed by atoms with Gasteiger partial charge in [-0.15, -0.1) is 16.4 Å². The molecule has 4 unspecified atom stereocenters. The van der Waals surface area contributed by atoms with Crippen molar-refractivity contribution in [2.45, 2.75) is 41.0 Å². The highest BCUT2D eigenvalue weighted by atomic mass is 35.5. The van der Waals surface area contributed by atoms with Gasteiger partial charge in [-0.2, -0.15) is 0 Å². The fourth-order valence-electron chi connectivity index (χ4n) is 5.21. The first-order valence-electron chi connectivity index (χ1n) is 13.3. The summed E-state index contributed by atoms with van der Waals surface area (Å²) in [6, 6.07) is 11.2. The minimum absolute atomic E-state index is 0.297. The van der Waals surface area contributed by atoms with E-state index in [1.54, 1.807) is 30.4 Å². The van der Waals surface area contributed by atoms with E-state index in [0.29, 0.717) is 33.8 Å². The number of hydrogen-bond acceptors (Lipinski definition) is 13. The topological polar surface area (TPSA) is 145 Å². The molecule has 4 aromatic heterocycles. The molecule has 0 amide bonds. The Bertz CT molecular complexity index is 1690. The van der Waals surface area contributed by atoms with Crippen molar-refractivity contribution >= 4 is 39.8 Å². The van der Waals surface area contributed by atoms with Crippen molar-refractivity contribution in [2.24, 2.45) is 0 Å². The number of thiazole rings is 1. The number of methoxy groups -OCH3 is 1. The molecule has 15 heteroatoms. The summed E-state index contributed by atoms with van der Waals surface area (Å²) in [5.41, 5.74) is 8.92. The maximum atomic E-state index is 6.66. The minimum atomic E-state index is -0.585. The van der Waals surface area contributed by atoms with E-state index >= 15 is 0 Å². The number of thioether (sulfide) groups is 1. The van der Waals surface area contributed by atoms with Crippen molar-refractivity contribution in [3.05, 3.63) is 83.5 Å². The zero-order valence-corrected chi connectivity index (χ0v) is 25.0. The summed E-state index contributed by atoms with van der Waals surface area (Å²) < 4.78 is 27.3. The van der Waals surface area contributed by atoms with Crippen LogP contribution in [0.3, 0.4) is 0 Å². The van der Waals surface area contributed by atoms with Crippen LogP contribution in [0.4, 0.5) is 5.13 Å². The average Bonchev–Trinajstić information content (AvgIpc) is 3.70. The molecule has 6 heterocycles. The molecule has 7 rings (SSSR count). The monoisotopic (exact) mass is 636 g/mol. The molecule has 1 aromatic carbocycles. The molecule has 6 atom stereocenters. The predicted molar refractivity (Wildman–Crippen MR) is 160 cm³/mol. The second kappa shape index (κ2) is 12.2. The van der Waals surface area contributed by atoms with Crippen LogP contribution in [0, 0.1) is 0 Å².